The summed E-state index contributed by atoms with van der Waals surface area (Å²) in [7, 11) is 0. The summed E-state index contributed by atoms with van der Waals surface area (Å²) in [5.74, 6) is 0.583. The van der Waals surface area contributed by atoms with Gasteiger partial charge in [-0.2, -0.15) is 5.26 Å². The van der Waals surface area contributed by atoms with Crippen molar-refractivity contribution in [3.63, 3.8) is 0 Å². The number of benzene rings is 2. The van der Waals surface area contributed by atoms with Crippen LogP contribution in [0.15, 0.2) is 73.5 Å². The molecule has 1 aromatic heterocycles. The molecule has 0 saturated carbocycles. The van der Waals surface area contributed by atoms with E-state index in [-0.39, 0.29) is 0 Å². The Labute approximate surface area is 168 Å². The Bertz CT molecular complexity index is 974. The molecule has 0 aliphatic carbocycles. The van der Waals surface area contributed by atoms with Crippen LogP contribution in [0, 0.1) is 11.3 Å². The lowest BCUT2D eigenvalue weighted by Crippen LogP contribution is -1.81. The Morgan fingerprint density at radius 3 is 2.52 bits per heavy atom. The van der Waals surface area contributed by atoms with Crippen molar-refractivity contribution < 1.29 is 4.42 Å². The SMILES string of the molecule is N#C/C(=C/c1cc(Br)c(Sc2ccc(Cl)cc2)o1)c1cccc(Cl)c1. The summed E-state index contributed by atoms with van der Waals surface area (Å²) >= 11 is 16.9. The predicted octanol–water partition coefficient (Wildman–Crippen LogP) is 7.56. The third kappa shape index (κ3) is 4.71. The van der Waals surface area contributed by atoms with Gasteiger partial charge in [0.1, 0.15) is 5.76 Å². The van der Waals surface area contributed by atoms with Crippen LogP contribution in [0.3, 0.4) is 0 Å². The molecule has 124 valence electrons. The summed E-state index contributed by atoms with van der Waals surface area (Å²) in [5, 5.41) is 11.4. The smallest absolute Gasteiger partial charge is 0.179 e. The van der Waals surface area contributed by atoms with Gasteiger partial charge in [0.25, 0.3) is 0 Å². The van der Waals surface area contributed by atoms with Gasteiger partial charge in [0.15, 0.2) is 5.09 Å². The molecule has 3 rings (SSSR count). The van der Waals surface area contributed by atoms with Crippen molar-refractivity contribution in [1.82, 2.24) is 0 Å². The van der Waals surface area contributed by atoms with Gasteiger partial charge in [-0.3, -0.25) is 0 Å². The van der Waals surface area contributed by atoms with Gasteiger partial charge in [0.2, 0.25) is 0 Å². The van der Waals surface area contributed by atoms with Crippen LogP contribution in [0.5, 0.6) is 0 Å². The number of nitrogens with zero attached hydrogens (tertiary/aromatic N) is 1. The van der Waals surface area contributed by atoms with Crippen LogP contribution in [0.1, 0.15) is 11.3 Å². The molecule has 25 heavy (non-hydrogen) atoms. The van der Waals surface area contributed by atoms with Gasteiger partial charge < -0.3 is 4.42 Å². The summed E-state index contributed by atoms with van der Waals surface area (Å²) in [5.41, 5.74) is 1.22. The molecule has 0 radical (unpaired) electrons. The normalized spacial score (nSPS) is 11.4. The maximum Gasteiger partial charge on any atom is 0.179 e. The van der Waals surface area contributed by atoms with Crippen LogP contribution in [0.25, 0.3) is 11.6 Å². The highest BCUT2D eigenvalue weighted by Gasteiger charge is 2.11. The van der Waals surface area contributed by atoms with E-state index in [1.165, 1.54) is 11.8 Å². The van der Waals surface area contributed by atoms with Gasteiger partial charge in [0, 0.05) is 14.9 Å². The van der Waals surface area contributed by atoms with Crippen molar-refractivity contribution in [1.29, 1.82) is 5.26 Å². The van der Waals surface area contributed by atoms with E-state index in [0.29, 0.717) is 26.5 Å². The lowest BCUT2D eigenvalue weighted by Gasteiger charge is -2.00. The first-order valence-corrected chi connectivity index (χ1v) is 9.52. The number of hydrogen-bond donors (Lipinski definition) is 0. The van der Waals surface area contributed by atoms with E-state index in [0.717, 1.165) is 14.9 Å². The molecule has 0 bridgehead atoms. The second-order valence-electron chi connectivity index (χ2n) is 5.02. The molecular formula is C19H10BrCl2NOS. The van der Waals surface area contributed by atoms with Crippen LogP contribution < -0.4 is 0 Å². The molecule has 0 unspecified atom stereocenters. The molecule has 0 N–H and O–H groups in total. The first-order chi connectivity index (χ1) is 12.0. The lowest BCUT2D eigenvalue weighted by molar-refractivity contribution is 0.463. The Morgan fingerprint density at radius 2 is 1.84 bits per heavy atom. The van der Waals surface area contributed by atoms with Gasteiger partial charge in [-0.15, -0.1) is 0 Å². The summed E-state index contributed by atoms with van der Waals surface area (Å²) in [4.78, 5) is 1.00. The average molecular weight is 451 g/mol. The second-order valence-corrected chi connectivity index (χ2v) is 7.79. The topological polar surface area (TPSA) is 36.9 Å². The lowest BCUT2D eigenvalue weighted by atomic mass is 10.1. The van der Waals surface area contributed by atoms with Crippen LogP contribution in [-0.4, -0.2) is 0 Å². The van der Waals surface area contributed by atoms with E-state index in [1.807, 2.05) is 42.5 Å². The van der Waals surface area contributed by atoms with Gasteiger partial charge in [-0.25, -0.2) is 0 Å². The van der Waals surface area contributed by atoms with Crippen molar-refractivity contribution in [2.24, 2.45) is 0 Å². The number of hydrogen-bond acceptors (Lipinski definition) is 3. The molecule has 0 atom stereocenters. The Balaban J connectivity index is 1.88. The first-order valence-electron chi connectivity index (χ1n) is 7.15. The standard InChI is InChI=1S/C19H10BrCl2NOS/c20-18-10-16(9-13(11-23)12-2-1-3-15(22)8-12)24-19(18)25-17-6-4-14(21)5-7-17/h1-10H/b13-9-. The van der Waals surface area contributed by atoms with Crippen LogP contribution >= 0.6 is 50.9 Å². The van der Waals surface area contributed by atoms with Crippen LogP contribution in [0.2, 0.25) is 10.0 Å². The minimum Gasteiger partial charge on any atom is -0.449 e. The average Bonchev–Trinajstić information content (AvgIpc) is 2.94. The third-order valence-electron chi connectivity index (χ3n) is 3.24. The highest BCUT2D eigenvalue weighted by atomic mass is 79.9. The van der Waals surface area contributed by atoms with E-state index < -0.39 is 0 Å². The molecule has 2 aromatic carbocycles. The molecule has 0 spiro atoms. The monoisotopic (exact) mass is 449 g/mol. The molecule has 0 aliphatic rings. The minimum absolute atomic E-state index is 0.479. The highest BCUT2D eigenvalue weighted by Crippen LogP contribution is 2.37. The first kappa shape index (κ1) is 18.2. The summed E-state index contributed by atoms with van der Waals surface area (Å²) in [6, 6.07) is 18.7. The minimum atomic E-state index is 0.479. The molecule has 0 amide bonds. The quantitative estimate of drug-likeness (QED) is 0.384. The fraction of sp³-hybridized carbons (Fsp3) is 0. The van der Waals surface area contributed by atoms with Gasteiger partial charge in [-0.1, -0.05) is 47.1 Å². The molecule has 3 aromatic rings. The van der Waals surface area contributed by atoms with Crippen LogP contribution in [-0.2, 0) is 0 Å². The number of furan rings is 1. The zero-order valence-electron chi connectivity index (χ0n) is 12.7. The fourth-order valence-corrected chi connectivity index (χ4v) is 3.74. The largest absolute Gasteiger partial charge is 0.449 e. The van der Waals surface area contributed by atoms with Gasteiger partial charge in [-0.05, 0) is 70.0 Å². The maximum atomic E-state index is 9.44. The molecule has 0 fully saturated rings. The second kappa shape index (κ2) is 8.16. The zero-order valence-corrected chi connectivity index (χ0v) is 16.6. The van der Waals surface area contributed by atoms with Gasteiger partial charge in [0.05, 0.1) is 16.1 Å². The van der Waals surface area contributed by atoms with E-state index in [1.54, 1.807) is 18.2 Å². The van der Waals surface area contributed by atoms with E-state index in [9.17, 15) is 5.26 Å². The maximum absolute atomic E-state index is 9.44. The zero-order chi connectivity index (χ0) is 17.8. The highest BCUT2D eigenvalue weighted by molar-refractivity contribution is 9.10. The Kier molecular flexibility index (Phi) is 5.93. The molecule has 1 heterocycles. The van der Waals surface area contributed by atoms with Crippen molar-refractivity contribution in [2.45, 2.75) is 9.99 Å². The summed E-state index contributed by atoms with van der Waals surface area (Å²) < 4.78 is 6.68. The molecular weight excluding hydrogens is 441 g/mol. The van der Waals surface area contributed by atoms with Gasteiger partial charge >= 0.3 is 0 Å². The van der Waals surface area contributed by atoms with Crippen LogP contribution in [0.4, 0.5) is 0 Å². The number of halogens is 3. The van der Waals surface area contributed by atoms with E-state index >= 15 is 0 Å². The van der Waals surface area contributed by atoms with Crippen molar-refractivity contribution in [3.05, 3.63) is 80.4 Å². The number of allylic oxidation sites excluding steroid dienone is 1. The molecule has 2 nitrogen and oxygen atoms in total. The summed E-state index contributed by atoms with van der Waals surface area (Å²) in [6.45, 7) is 0. The Morgan fingerprint density at radius 1 is 1.08 bits per heavy atom. The number of rotatable bonds is 4. The molecule has 0 aliphatic heterocycles. The van der Waals surface area contributed by atoms with E-state index in [4.69, 9.17) is 27.6 Å². The predicted molar refractivity (Wildman–Crippen MR) is 107 cm³/mol. The number of nitriles is 1. The van der Waals surface area contributed by atoms with E-state index in [2.05, 4.69) is 22.0 Å². The third-order valence-corrected chi connectivity index (χ3v) is 5.58. The van der Waals surface area contributed by atoms with Crippen molar-refractivity contribution in [2.75, 3.05) is 0 Å². The molecule has 6 heteroatoms. The molecule has 0 saturated heterocycles. The van der Waals surface area contributed by atoms with Crippen molar-refractivity contribution in [3.8, 4) is 6.07 Å². The fourth-order valence-electron chi connectivity index (χ4n) is 2.10. The van der Waals surface area contributed by atoms with Crippen molar-refractivity contribution >= 4 is 62.5 Å². The summed E-state index contributed by atoms with van der Waals surface area (Å²) in [6.07, 6.45) is 1.70. The Hall–Kier alpha value is -1.64.